The number of amides is 1. The van der Waals surface area contributed by atoms with Crippen LogP contribution in [0.1, 0.15) is 32.1 Å². The van der Waals surface area contributed by atoms with Crippen LogP contribution in [0, 0.1) is 5.92 Å². The highest BCUT2D eigenvalue weighted by Gasteiger charge is 2.39. The topological polar surface area (TPSA) is 32.3 Å². The Morgan fingerprint density at radius 2 is 1.89 bits per heavy atom. The van der Waals surface area contributed by atoms with Gasteiger partial charge in [0, 0.05) is 30.6 Å². The van der Waals surface area contributed by atoms with E-state index in [0.29, 0.717) is 11.9 Å². The summed E-state index contributed by atoms with van der Waals surface area (Å²) in [7, 11) is 0. The van der Waals surface area contributed by atoms with E-state index in [1.54, 1.807) is 0 Å². The highest BCUT2D eigenvalue weighted by molar-refractivity contribution is 7.99. The van der Waals surface area contributed by atoms with Crippen molar-refractivity contribution < 1.29 is 4.79 Å². The summed E-state index contributed by atoms with van der Waals surface area (Å²) in [6.07, 6.45) is 6.41. The number of halogens is 1. The fourth-order valence-electron chi connectivity index (χ4n) is 3.51. The van der Waals surface area contributed by atoms with Gasteiger partial charge in [0.1, 0.15) is 0 Å². The SMILES string of the molecule is Cl.O=C(C1CC2CCCCC2N1)N1CCSCC1. The maximum atomic E-state index is 12.4. The number of thioether (sulfide) groups is 1. The van der Waals surface area contributed by atoms with Crippen LogP contribution in [0.4, 0.5) is 0 Å². The van der Waals surface area contributed by atoms with E-state index in [1.165, 1.54) is 25.7 Å². The molecule has 3 aliphatic rings. The molecule has 2 heterocycles. The Hall–Kier alpha value is 0.0700. The lowest BCUT2D eigenvalue weighted by atomic mass is 9.85. The lowest BCUT2D eigenvalue weighted by Gasteiger charge is -2.29. The molecule has 18 heavy (non-hydrogen) atoms. The van der Waals surface area contributed by atoms with Crippen LogP contribution < -0.4 is 5.32 Å². The zero-order valence-electron chi connectivity index (χ0n) is 10.8. The normalized spacial score (nSPS) is 35.8. The molecule has 3 rings (SSSR count). The van der Waals surface area contributed by atoms with E-state index < -0.39 is 0 Å². The predicted octanol–water partition coefficient (Wildman–Crippen LogP) is 1.90. The van der Waals surface area contributed by atoms with Crippen LogP contribution in [0.25, 0.3) is 0 Å². The standard InChI is InChI=1S/C13H22N2OS.ClH/c16-13(15-5-7-17-8-6-15)12-9-10-3-1-2-4-11(10)14-12;/h10-12,14H,1-9H2;1H. The van der Waals surface area contributed by atoms with Crippen LogP contribution in [-0.2, 0) is 4.79 Å². The van der Waals surface area contributed by atoms with Gasteiger partial charge < -0.3 is 10.2 Å². The van der Waals surface area contributed by atoms with E-state index >= 15 is 0 Å². The fourth-order valence-corrected chi connectivity index (χ4v) is 4.42. The second-order valence-corrected chi connectivity index (χ2v) is 6.77. The third kappa shape index (κ3) is 2.97. The Kier molecular flexibility index (Phi) is 5.22. The van der Waals surface area contributed by atoms with Gasteiger partial charge in [-0.2, -0.15) is 11.8 Å². The van der Waals surface area contributed by atoms with Gasteiger partial charge in [-0.25, -0.2) is 0 Å². The molecule has 0 aromatic heterocycles. The van der Waals surface area contributed by atoms with Crippen molar-refractivity contribution in [1.82, 2.24) is 10.2 Å². The van der Waals surface area contributed by atoms with Gasteiger partial charge in [0.2, 0.25) is 5.91 Å². The summed E-state index contributed by atoms with van der Waals surface area (Å²) in [5, 5.41) is 3.59. The number of nitrogens with zero attached hydrogens (tertiary/aromatic N) is 1. The molecule has 104 valence electrons. The van der Waals surface area contributed by atoms with Gasteiger partial charge in [0.15, 0.2) is 0 Å². The van der Waals surface area contributed by atoms with Crippen molar-refractivity contribution in [1.29, 1.82) is 0 Å². The van der Waals surface area contributed by atoms with Crippen LogP contribution in [0.2, 0.25) is 0 Å². The van der Waals surface area contributed by atoms with Crippen molar-refractivity contribution in [3.63, 3.8) is 0 Å². The van der Waals surface area contributed by atoms with Crippen LogP contribution in [0.15, 0.2) is 0 Å². The van der Waals surface area contributed by atoms with Crippen LogP contribution in [-0.4, -0.2) is 47.5 Å². The predicted molar refractivity (Wildman–Crippen MR) is 78.4 cm³/mol. The largest absolute Gasteiger partial charge is 0.340 e. The lowest BCUT2D eigenvalue weighted by Crippen LogP contribution is -2.48. The average molecular weight is 291 g/mol. The van der Waals surface area contributed by atoms with Crippen molar-refractivity contribution in [3.05, 3.63) is 0 Å². The number of fused-ring (bicyclic) bond motifs is 1. The Bertz CT molecular complexity index is 283. The molecule has 1 N–H and O–H groups in total. The maximum absolute atomic E-state index is 12.4. The highest BCUT2D eigenvalue weighted by atomic mass is 35.5. The first-order chi connectivity index (χ1) is 8.34. The first kappa shape index (κ1) is 14.5. The molecule has 2 aliphatic heterocycles. The quantitative estimate of drug-likeness (QED) is 0.801. The highest BCUT2D eigenvalue weighted by Crippen LogP contribution is 2.33. The first-order valence-corrected chi connectivity index (χ1v) is 8.12. The summed E-state index contributed by atoms with van der Waals surface area (Å²) in [5.41, 5.74) is 0. The second kappa shape index (κ2) is 6.49. The van der Waals surface area contributed by atoms with Gasteiger partial charge in [-0.05, 0) is 25.2 Å². The lowest BCUT2D eigenvalue weighted by molar-refractivity contribution is -0.132. The van der Waals surface area contributed by atoms with Crippen molar-refractivity contribution in [2.75, 3.05) is 24.6 Å². The number of hydrogen-bond donors (Lipinski definition) is 1. The summed E-state index contributed by atoms with van der Waals surface area (Å²) < 4.78 is 0. The summed E-state index contributed by atoms with van der Waals surface area (Å²) >= 11 is 1.96. The minimum Gasteiger partial charge on any atom is -0.340 e. The Morgan fingerprint density at radius 1 is 1.17 bits per heavy atom. The molecular formula is C13H23ClN2OS. The molecule has 1 amide bonds. The molecule has 5 heteroatoms. The molecule has 0 radical (unpaired) electrons. The summed E-state index contributed by atoms with van der Waals surface area (Å²) in [6.45, 7) is 1.91. The molecule has 1 aliphatic carbocycles. The average Bonchev–Trinajstić information content (AvgIpc) is 2.82. The number of nitrogens with one attached hydrogen (secondary N) is 1. The van der Waals surface area contributed by atoms with E-state index in [0.717, 1.165) is 36.9 Å². The van der Waals surface area contributed by atoms with E-state index in [9.17, 15) is 4.79 Å². The van der Waals surface area contributed by atoms with Crippen molar-refractivity contribution in [3.8, 4) is 0 Å². The fraction of sp³-hybridized carbons (Fsp3) is 0.923. The molecule has 2 saturated heterocycles. The Balaban J connectivity index is 0.00000120. The van der Waals surface area contributed by atoms with E-state index in [4.69, 9.17) is 0 Å². The van der Waals surface area contributed by atoms with Crippen molar-refractivity contribution in [2.45, 2.75) is 44.2 Å². The Labute approximate surface area is 120 Å². The van der Waals surface area contributed by atoms with E-state index in [1.807, 2.05) is 11.8 Å². The first-order valence-electron chi connectivity index (χ1n) is 6.97. The molecule has 3 nitrogen and oxygen atoms in total. The van der Waals surface area contributed by atoms with Gasteiger partial charge in [-0.15, -0.1) is 12.4 Å². The molecule has 1 saturated carbocycles. The third-order valence-corrected chi connectivity index (χ3v) is 5.43. The molecule has 3 fully saturated rings. The van der Waals surface area contributed by atoms with E-state index in [2.05, 4.69) is 10.2 Å². The molecular weight excluding hydrogens is 268 g/mol. The summed E-state index contributed by atoms with van der Waals surface area (Å²) in [6, 6.07) is 0.767. The van der Waals surface area contributed by atoms with Gasteiger partial charge >= 0.3 is 0 Å². The van der Waals surface area contributed by atoms with Gasteiger partial charge in [-0.1, -0.05) is 12.8 Å². The zero-order chi connectivity index (χ0) is 11.7. The molecule has 3 unspecified atom stereocenters. The second-order valence-electron chi connectivity index (χ2n) is 5.54. The third-order valence-electron chi connectivity index (χ3n) is 4.48. The van der Waals surface area contributed by atoms with Crippen molar-refractivity contribution in [2.24, 2.45) is 5.92 Å². The minimum atomic E-state index is 0. The minimum absolute atomic E-state index is 0. The van der Waals surface area contributed by atoms with Gasteiger partial charge in [0.25, 0.3) is 0 Å². The number of hydrogen-bond acceptors (Lipinski definition) is 3. The molecule has 0 aromatic rings. The van der Waals surface area contributed by atoms with Gasteiger partial charge in [-0.3, -0.25) is 4.79 Å². The molecule has 0 bridgehead atoms. The molecule has 0 spiro atoms. The molecule has 0 aromatic carbocycles. The number of carbonyl (C=O) groups is 1. The van der Waals surface area contributed by atoms with Crippen LogP contribution in [0.5, 0.6) is 0 Å². The van der Waals surface area contributed by atoms with Crippen LogP contribution in [0.3, 0.4) is 0 Å². The van der Waals surface area contributed by atoms with Crippen LogP contribution >= 0.6 is 24.2 Å². The number of rotatable bonds is 1. The zero-order valence-corrected chi connectivity index (χ0v) is 12.4. The van der Waals surface area contributed by atoms with Crippen molar-refractivity contribution >= 4 is 30.1 Å². The van der Waals surface area contributed by atoms with E-state index in [-0.39, 0.29) is 18.4 Å². The monoisotopic (exact) mass is 290 g/mol. The maximum Gasteiger partial charge on any atom is 0.239 e. The van der Waals surface area contributed by atoms with Gasteiger partial charge in [0.05, 0.1) is 6.04 Å². The smallest absolute Gasteiger partial charge is 0.239 e. The molecule has 3 atom stereocenters. The summed E-state index contributed by atoms with van der Waals surface area (Å²) in [5.74, 6) is 3.38. The Morgan fingerprint density at radius 3 is 2.61 bits per heavy atom. The number of carbonyl (C=O) groups excluding carboxylic acids is 1. The summed E-state index contributed by atoms with van der Waals surface area (Å²) in [4.78, 5) is 14.5.